The summed E-state index contributed by atoms with van der Waals surface area (Å²) in [6.07, 6.45) is 6.72. The van der Waals surface area contributed by atoms with Gasteiger partial charge >= 0.3 is 0 Å². The molecule has 1 atom stereocenters. The third kappa shape index (κ3) is 1.91. The highest BCUT2D eigenvalue weighted by Gasteiger charge is 2.37. The van der Waals surface area contributed by atoms with Crippen molar-refractivity contribution in [3.63, 3.8) is 0 Å². The summed E-state index contributed by atoms with van der Waals surface area (Å²) in [6.45, 7) is 2.25. The molecule has 1 aromatic rings. The van der Waals surface area contributed by atoms with E-state index in [4.69, 9.17) is 17.3 Å². The van der Waals surface area contributed by atoms with Crippen LogP contribution in [0.2, 0.25) is 5.02 Å². The van der Waals surface area contributed by atoms with Crippen molar-refractivity contribution >= 4 is 11.6 Å². The highest BCUT2D eigenvalue weighted by Crippen LogP contribution is 2.46. The van der Waals surface area contributed by atoms with Crippen LogP contribution < -0.4 is 5.73 Å². The van der Waals surface area contributed by atoms with Gasteiger partial charge in [-0.1, -0.05) is 31.4 Å². The van der Waals surface area contributed by atoms with E-state index in [1.54, 1.807) is 4.68 Å². The molecule has 1 heterocycles. The summed E-state index contributed by atoms with van der Waals surface area (Å²) in [5.74, 6) is 0. The van der Waals surface area contributed by atoms with Crippen LogP contribution in [-0.4, -0.2) is 9.78 Å². The van der Waals surface area contributed by atoms with Crippen LogP contribution in [-0.2, 0) is 7.05 Å². The molecule has 0 saturated heterocycles. The van der Waals surface area contributed by atoms with Gasteiger partial charge in [0.1, 0.15) is 0 Å². The molecule has 3 nitrogen and oxygen atoms in total. The van der Waals surface area contributed by atoms with Crippen LogP contribution in [0.3, 0.4) is 0 Å². The molecule has 0 aromatic carbocycles. The zero-order chi connectivity index (χ0) is 11.1. The summed E-state index contributed by atoms with van der Waals surface area (Å²) < 4.78 is 1.73. The fraction of sp³-hybridized carbons (Fsp3) is 0.727. The van der Waals surface area contributed by atoms with Crippen LogP contribution in [0.25, 0.3) is 0 Å². The molecule has 0 radical (unpaired) electrons. The Balaban J connectivity index is 2.27. The number of nitrogens with two attached hydrogens (primary N) is 1. The third-order valence-electron chi connectivity index (χ3n) is 3.60. The van der Waals surface area contributed by atoms with Gasteiger partial charge in [0.05, 0.1) is 16.8 Å². The number of halogens is 1. The van der Waals surface area contributed by atoms with E-state index in [9.17, 15) is 0 Å². The Morgan fingerprint density at radius 2 is 2.13 bits per heavy atom. The Morgan fingerprint density at radius 1 is 1.53 bits per heavy atom. The average molecular weight is 228 g/mol. The molecule has 0 amide bonds. The Labute approximate surface area is 95.6 Å². The van der Waals surface area contributed by atoms with E-state index in [-0.39, 0.29) is 11.5 Å². The van der Waals surface area contributed by atoms with Crippen LogP contribution in [0.4, 0.5) is 0 Å². The van der Waals surface area contributed by atoms with Crippen molar-refractivity contribution in [2.24, 2.45) is 18.2 Å². The molecule has 1 aliphatic rings. The zero-order valence-electron chi connectivity index (χ0n) is 9.33. The Bertz CT molecular complexity index is 353. The molecule has 4 heteroatoms. The Kier molecular flexibility index (Phi) is 2.77. The summed E-state index contributed by atoms with van der Waals surface area (Å²) in [5.41, 5.74) is 7.32. The van der Waals surface area contributed by atoms with Gasteiger partial charge in [-0.05, 0) is 18.3 Å². The van der Waals surface area contributed by atoms with E-state index in [1.165, 1.54) is 25.7 Å². The van der Waals surface area contributed by atoms with Crippen LogP contribution in [0.15, 0.2) is 6.20 Å². The van der Waals surface area contributed by atoms with E-state index < -0.39 is 0 Å². The monoisotopic (exact) mass is 227 g/mol. The van der Waals surface area contributed by atoms with Crippen molar-refractivity contribution in [2.75, 3.05) is 0 Å². The SMILES string of the molecule is Cn1cc(Cl)c(C(N)C2(C)CCCC2)n1. The van der Waals surface area contributed by atoms with Crippen LogP contribution >= 0.6 is 11.6 Å². The Morgan fingerprint density at radius 3 is 2.60 bits per heavy atom. The van der Waals surface area contributed by atoms with Crippen molar-refractivity contribution in [1.29, 1.82) is 0 Å². The molecule has 15 heavy (non-hydrogen) atoms. The molecule has 1 saturated carbocycles. The minimum Gasteiger partial charge on any atom is -0.322 e. The van der Waals surface area contributed by atoms with E-state index in [2.05, 4.69) is 12.0 Å². The third-order valence-corrected chi connectivity index (χ3v) is 3.89. The lowest BCUT2D eigenvalue weighted by atomic mass is 9.79. The number of aryl methyl sites for hydroxylation is 1. The maximum absolute atomic E-state index is 6.29. The van der Waals surface area contributed by atoms with Crippen molar-refractivity contribution in [3.05, 3.63) is 16.9 Å². The lowest BCUT2D eigenvalue weighted by Gasteiger charge is -2.30. The molecule has 0 bridgehead atoms. The van der Waals surface area contributed by atoms with Gasteiger partial charge in [-0.3, -0.25) is 4.68 Å². The maximum atomic E-state index is 6.29. The van der Waals surface area contributed by atoms with Crippen LogP contribution in [0.1, 0.15) is 44.3 Å². The van der Waals surface area contributed by atoms with Gasteiger partial charge in [0.15, 0.2) is 0 Å². The molecule has 2 rings (SSSR count). The van der Waals surface area contributed by atoms with Crippen molar-refractivity contribution < 1.29 is 0 Å². The Hall–Kier alpha value is -0.540. The molecule has 1 fully saturated rings. The quantitative estimate of drug-likeness (QED) is 0.844. The molecule has 0 aliphatic heterocycles. The van der Waals surface area contributed by atoms with Gasteiger partial charge in [0, 0.05) is 13.2 Å². The molecule has 1 unspecified atom stereocenters. The molecule has 0 spiro atoms. The minimum atomic E-state index is -0.0336. The second-order valence-electron chi connectivity index (χ2n) is 4.87. The minimum absolute atomic E-state index is 0.0336. The first-order valence-electron chi connectivity index (χ1n) is 5.47. The predicted molar refractivity (Wildman–Crippen MR) is 61.7 cm³/mol. The van der Waals surface area contributed by atoms with E-state index >= 15 is 0 Å². The molecule has 1 aliphatic carbocycles. The van der Waals surface area contributed by atoms with Crippen molar-refractivity contribution in [2.45, 2.75) is 38.6 Å². The number of aromatic nitrogens is 2. The van der Waals surface area contributed by atoms with Crippen LogP contribution in [0, 0.1) is 5.41 Å². The smallest absolute Gasteiger partial charge is 0.0983 e. The highest BCUT2D eigenvalue weighted by molar-refractivity contribution is 6.31. The summed E-state index contributed by atoms with van der Waals surface area (Å²) in [4.78, 5) is 0. The average Bonchev–Trinajstić information content (AvgIpc) is 2.73. The van der Waals surface area contributed by atoms with Crippen molar-refractivity contribution in [1.82, 2.24) is 9.78 Å². The first-order chi connectivity index (χ1) is 7.03. The topological polar surface area (TPSA) is 43.8 Å². The van der Waals surface area contributed by atoms with Gasteiger partial charge in [0.2, 0.25) is 0 Å². The summed E-state index contributed by atoms with van der Waals surface area (Å²) in [7, 11) is 1.87. The van der Waals surface area contributed by atoms with Gasteiger partial charge in [0.25, 0.3) is 0 Å². The van der Waals surface area contributed by atoms with Gasteiger partial charge in [-0.25, -0.2) is 0 Å². The number of hydrogen-bond acceptors (Lipinski definition) is 2. The van der Waals surface area contributed by atoms with Crippen molar-refractivity contribution in [3.8, 4) is 0 Å². The van der Waals surface area contributed by atoms with E-state index in [0.717, 1.165) is 5.69 Å². The number of rotatable bonds is 2. The summed E-state index contributed by atoms with van der Waals surface area (Å²) in [5, 5.41) is 5.05. The van der Waals surface area contributed by atoms with E-state index in [1.807, 2.05) is 13.2 Å². The summed E-state index contributed by atoms with van der Waals surface area (Å²) >= 11 is 6.12. The first kappa shape index (κ1) is 11.0. The fourth-order valence-corrected chi connectivity index (χ4v) is 2.81. The molecular formula is C11H18ClN3. The lowest BCUT2D eigenvalue weighted by molar-refractivity contribution is 0.260. The second kappa shape index (κ2) is 3.80. The second-order valence-corrected chi connectivity index (χ2v) is 5.28. The predicted octanol–water partition coefficient (Wildman–Crippen LogP) is 2.65. The fourth-order valence-electron chi connectivity index (χ4n) is 2.51. The summed E-state index contributed by atoms with van der Waals surface area (Å²) in [6, 6.07) is -0.0336. The van der Waals surface area contributed by atoms with Gasteiger partial charge in [-0.2, -0.15) is 5.10 Å². The largest absolute Gasteiger partial charge is 0.322 e. The molecule has 84 valence electrons. The molecule has 2 N–H and O–H groups in total. The molecule has 1 aromatic heterocycles. The highest BCUT2D eigenvalue weighted by atomic mass is 35.5. The number of nitrogens with zero attached hydrogens (tertiary/aromatic N) is 2. The zero-order valence-corrected chi connectivity index (χ0v) is 10.1. The van der Waals surface area contributed by atoms with Gasteiger partial charge in [-0.15, -0.1) is 0 Å². The number of hydrogen-bond donors (Lipinski definition) is 1. The normalized spacial score (nSPS) is 21.9. The van der Waals surface area contributed by atoms with Crippen LogP contribution in [0.5, 0.6) is 0 Å². The maximum Gasteiger partial charge on any atom is 0.0983 e. The standard InChI is InChI=1S/C11H18ClN3/c1-11(5-3-4-6-11)10(13)9-8(12)7-15(2)14-9/h7,10H,3-6,13H2,1-2H3. The molecular weight excluding hydrogens is 210 g/mol. The first-order valence-corrected chi connectivity index (χ1v) is 5.85. The van der Waals surface area contributed by atoms with Gasteiger partial charge < -0.3 is 5.73 Å². The van der Waals surface area contributed by atoms with E-state index in [0.29, 0.717) is 5.02 Å². The lowest BCUT2D eigenvalue weighted by Crippen LogP contribution is -2.30.